The van der Waals surface area contributed by atoms with E-state index < -0.39 is 5.97 Å². The van der Waals surface area contributed by atoms with Crippen LogP contribution in [-0.2, 0) is 14.3 Å². The van der Waals surface area contributed by atoms with E-state index in [1.54, 1.807) is 6.92 Å². The molecule has 0 saturated carbocycles. The van der Waals surface area contributed by atoms with Crippen LogP contribution < -0.4 is 4.90 Å². The molecule has 0 aromatic carbocycles. The Bertz CT molecular complexity index is 557. The summed E-state index contributed by atoms with van der Waals surface area (Å²) >= 11 is 1.22. The number of nitrogens with zero attached hydrogens (tertiary/aromatic N) is 2. The number of nitrogens with one attached hydrogen (secondary N) is 1. The summed E-state index contributed by atoms with van der Waals surface area (Å²) in [5.41, 5.74) is 0.624. The SMILES string of the molecule is CCOC(=O)c1[nH]ncc1N1CC(CSC(C)=O)CC1=O. The molecule has 1 aromatic heterocycles. The summed E-state index contributed by atoms with van der Waals surface area (Å²) in [5.74, 6) is 0.0938. The molecule has 8 heteroatoms. The predicted octanol–water partition coefficient (Wildman–Crippen LogP) is 1.22. The van der Waals surface area contributed by atoms with Crippen LogP contribution in [0.4, 0.5) is 5.69 Å². The Hall–Kier alpha value is -1.83. The van der Waals surface area contributed by atoms with Gasteiger partial charge in [-0.2, -0.15) is 5.10 Å². The fraction of sp³-hybridized carbons (Fsp3) is 0.538. The zero-order valence-corrected chi connectivity index (χ0v) is 12.7. The topological polar surface area (TPSA) is 92.4 Å². The van der Waals surface area contributed by atoms with E-state index in [1.165, 1.54) is 29.8 Å². The Labute approximate surface area is 126 Å². The lowest BCUT2D eigenvalue weighted by Crippen LogP contribution is -2.26. The Morgan fingerprint density at radius 2 is 2.33 bits per heavy atom. The average molecular weight is 311 g/mol. The van der Waals surface area contributed by atoms with Crippen molar-refractivity contribution in [1.82, 2.24) is 10.2 Å². The fourth-order valence-corrected chi connectivity index (χ4v) is 2.89. The van der Waals surface area contributed by atoms with Gasteiger partial charge in [0, 0.05) is 25.6 Å². The second-order valence-corrected chi connectivity index (χ2v) is 5.92. The van der Waals surface area contributed by atoms with Crippen molar-refractivity contribution in [2.45, 2.75) is 20.3 Å². The minimum absolute atomic E-state index is 0.0384. The first-order valence-electron chi connectivity index (χ1n) is 6.67. The Kier molecular flexibility index (Phi) is 5.00. The molecule has 2 rings (SSSR count). The first kappa shape index (κ1) is 15.6. The summed E-state index contributed by atoms with van der Waals surface area (Å²) in [4.78, 5) is 36.4. The molecule has 21 heavy (non-hydrogen) atoms. The molecule has 1 aliphatic heterocycles. The van der Waals surface area contributed by atoms with Crippen molar-refractivity contribution in [1.29, 1.82) is 0 Å². The van der Waals surface area contributed by atoms with Gasteiger partial charge < -0.3 is 9.64 Å². The molecular formula is C13H17N3O4S. The Morgan fingerprint density at radius 1 is 1.57 bits per heavy atom. The number of ether oxygens (including phenoxy) is 1. The number of aromatic amines is 1. The highest BCUT2D eigenvalue weighted by molar-refractivity contribution is 8.13. The second kappa shape index (κ2) is 6.75. The van der Waals surface area contributed by atoms with Gasteiger partial charge in [-0.05, 0) is 12.8 Å². The molecular weight excluding hydrogens is 294 g/mol. The maximum atomic E-state index is 12.1. The van der Waals surface area contributed by atoms with Crippen molar-refractivity contribution in [2.24, 2.45) is 5.92 Å². The van der Waals surface area contributed by atoms with E-state index in [2.05, 4.69) is 10.2 Å². The third kappa shape index (κ3) is 3.63. The molecule has 0 radical (unpaired) electrons. The number of H-pyrrole nitrogens is 1. The number of amides is 1. The smallest absolute Gasteiger partial charge is 0.358 e. The third-order valence-corrected chi connectivity index (χ3v) is 4.16. The number of hydrogen-bond donors (Lipinski definition) is 1. The lowest BCUT2D eigenvalue weighted by molar-refractivity contribution is -0.117. The molecule has 1 N–H and O–H groups in total. The molecule has 1 aliphatic rings. The molecule has 1 saturated heterocycles. The maximum Gasteiger partial charge on any atom is 0.358 e. The van der Waals surface area contributed by atoms with E-state index in [-0.39, 0.29) is 29.2 Å². The van der Waals surface area contributed by atoms with E-state index in [1.807, 2.05) is 0 Å². The summed E-state index contributed by atoms with van der Waals surface area (Å²) in [6.07, 6.45) is 1.82. The zero-order valence-electron chi connectivity index (χ0n) is 11.9. The first-order valence-corrected chi connectivity index (χ1v) is 7.65. The zero-order chi connectivity index (χ0) is 15.4. The number of esters is 1. The second-order valence-electron chi connectivity index (χ2n) is 4.73. The highest BCUT2D eigenvalue weighted by Gasteiger charge is 2.34. The number of hydrogen-bond acceptors (Lipinski definition) is 6. The van der Waals surface area contributed by atoms with Gasteiger partial charge in [-0.15, -0.1) is 0 Å². The van der Waals surface area contributed by atoms with Crippen molar-refractivity contribution in [2.75, 3.05) is 23.8 Å². The number of anilines is 1. The molecule has 1 unspecified atom stereocenters. The molecule has 1 fully saturated rings. The summed E-state index contributed by atoms with van der Waals surface area (Å²) < 4.78 is 4.93. The van der Waals surface area contributed by atoms with Crippen molar-refractivity contribution in [3.8, 4) is 0 Å². The number of rotatable bonds is 5. The standard InChI is InChI=1S/C13H17N3O4S/c1-3-20-13(19)12-10(5-14-15-12)16-6-9(4-11(16)18)7-21-8(2)17/h5,9H,3-4,6-7H2,1-2H3,(H,14,15). The van der Waals surface area contributed by atoms with Crippen LogP contribution in [0.5, 0.6) is 0 Å². The van der Waals surface area contributed by atoms with Crippen LogP contribution >= 0.6 is 11.8 Å². The van der Waals surface area contributed by atoms with Crippen molar-refractivity contribution in [3.05, 3.63) is 11.9 Å². The van der Waals surface area contributed by atoms with E-state index in [9.17, 15) is 14.4 Å². The summed E-state index contributed by atoms with van der Waals surface area (Å²) in [5, 5.41) is 6.44. The molecule has 0 bridgehead atoms. The lowest BCUT2D eigenvalue weighted by Gasteiger charge is -2.15. The van der Waals surface area contributed by atoms with Gasteiger partial charge in [0.2, 0.25) is 5.91 Å². The van der Waals surface area contributed by atoms with Gasteiger partial charge in [-0.3, -0.25) is 14.7 Å². The van der Waals surface area contributed by atoms with Crippen LogP contribution in [0, 0.1) is 5.92 Å². The first-order chi connectivity index (χ1) is 10.0. The fourth-order valence-electron chi connectivity index (χ4n) is 2.20. The van der Waals surface area contributed by atoms with Gasteiger partial charge in [-0.25, -0.2) is 4.79 Å². The quantitative estimate of drug-likeness (QED) is 0.822. The van der Waals surface area contributed by atoms with Crippen LogP contribution in [0.15, 0.2) is 6.20 Å². The third-order valence-electron chi connectivity index (χ3n) is 3.12. The summed E-state index contributed by atoms with van der Waals surface area (Å²) in [6, 6.07) is 0. The predicted molar refractivity (Wildman–Crippen MR) is 78.1 cm³/mol. The summed E-state index contributed by atoms with van der Waals surface area (Å²) in [6.45, 7) is 3.95. The average Bonchev–Trinajstić information content (AvgIpc) is 3.02. The number of thioether (sulfide) groups is 1. The van der Waals surface area contributed by atoms with Crippen LogP contribution in [0.2, 0.25) is 0 Å². The molecule has 0 aliphatic carbocycles. The molecule has 1 atom stereocenters. The van der Waals surface area contributed by atoms with E-state index in [0.717, 1.165) is 0 Å². The van der Waals surface area contributed by atoms with Gasteiger partial charge in [-0.1, -0.05) is 11.8 Å². The highest BCUT2D eigenvalue weighted by Crippen LogP contribution is 2.29. The monoisotopic (exact) mass is 311 g/mol. The summed E-state index contributed by atoms with van der Waals surface area (Å²) in [7, 11) is 0. The van der Waals surface area contributed by atoms with Gasteiger partial charge in [0.25, 0.3) is 0 Å². The van der Waals surface area contributed by atoms with Gasteiger partial charge in [0.05, 0.1) is 18.5 Å². The van der Waals surface area contributed by atoms with E-state index in [0.29, 0.717) is 24.4 Å². The van der Waals surface area contributed by atoms with Gasteiger partial charge in [0.15, 0.2) is 10.8 Å². The van der Waals surface area contributed by atoms with Gasteiger partial charge >= 0.3 is 5.97 Å². The number of carbonyl (C=O) groups excluding carboxylic acids is 3. The van der Waals surface area contributed by atoms with E-state index in [4.69, 9.17) is 4.74 Å². The minimum atomic E-state index is -0.528. The lowest BCUT2D eigenvalue weighted by atomic mass is 10.1. The maximum absolute atomic E-state index is 12.1. The largest absolute Gasteiger partial charge is 0.461 e. The molecule has 2 heterocycles. The van der Waals surface area contributed by atoms with Gasteiger partial charge in [0.1, 0.15) is 0 Å². The normalized spacial score (nSPS) is 18.1. The highest BCUT2D eigenvalue weighted by atomic mass is 32.2. The van der Waals surface area contributed by atoms with Crippen molar-refractivity contribution in [3.63, 3.8) is 0 Å². The molecule has 1 amide bonds. The molecule has 114 valence electrons. The van der Waals surface area contributed by atoms with E-state index >= 15 is 0 Å². The van der Waals surface area contributed by atoms with Crippen molar-refractivity contribution >= 4 is 34.4 Å². The molecule has 7 nitrogen and oxygen atoms in total. The minimum Gasteiger partial charge on any atom is -0.461 e. The number of carbonyl (C=O) groups is 3. The Morgan fingerprint density at radius 3 is 3.00 bits per heavy atom. The van der Waals surface area contributed by atoms with Crippen LogP contribution in [0.3, 0.4) is 0 Å². The van der Waals surface area contributed by atoms with Crippen LogP contribution in [0.25, 0.3) is 0 Å². The van der Waals surface area contributed by atoms with Crippen LogP contribution in [0.1, 0.15) is 30.8 Å². The van der Waals surface area contributed by atoms with Crippen molar-refractivity contribution < 1.29 is 19.1 Å². The molecule has 0 spiro atoms. The Balaban J connectivity index is 2.09. The molecule has 1 aromatic rings. The number of aromatic nitrogens is 2. The van der Waals surface area contributed by atoms with Crippen LogP contribution in [-0.4, -0.2) is 46.1 Å².